The molecule has 2 aliphatic rings. The van der Waals surface area contributed by atoms with Crippen LogP contribution in [0.5, 0.6) is 0 Å². The molecule has 3 atom stereocenters. The number of aryl methyl sites for hydroxylation is 1. The number of anilines is 1. The molecule has 154 valence electrons. The highest BCUT2D eigenvalue weighted by molar-refractivity contribution is 5.93. The molecule has 0 bridgehead atoms. The Morgan fingerprint density at radius 2 is 1.93 bits per heavy atom. The van der Waals surface area contributed by atoms with Crippen LogP contribution in [0.1, 0.15) is 45.5 Å². The van der Waals surface area contributed by atoms with Crippen LogP contribution in [0, 0.1) is 6.92 Å². The Morgan fingerprint density at radius 3 is 2.62 bits per heavy atom. The van der Waals surface area contributed by atoms with Gasteiger partial charge in [0.05, 0.1) is 6.10 Å². The molecule has 5 heteroatoms. The maximum absolute atomic E-state index is 12.1. The summed E-state index contributed by atoms with van der Waals surface area (Å²) in [6, 6.07) is 14.5. The lowest BCUT2D eigenvalue weighted by atomic mass is 9.88. The van der Waals surface area contributed by atoms with Crippen LogP contribution in [-0.4, -0.2) is 67.6 Å². The van der Waals surface area contributed by atoms with Crippen molar-refractivity contribution in [1.82, 2.24) is 9.80 Å². The Bertz CT molecular complexity index is 893. The number of hydrogen-bond acceptors (Lipinski definition) is 4. The van der Waals surface area contributed by atoms with Crippen molar-refractivity contribution < 1.29 is 9.90 Å². The number of nitrogens with zero attached hydrogens (tertiary/aromatic N) is 3. The average molecular weight is 394 g/mol. The molecule has 0 saturated carbocycles. The van der Waals surface area contributed by atoms with Crippen LogP contribution >= 0.6 is 0 Å². The van der Waals surface area contributed by atoms with E-state index in [0.29, 0.717) is 24.1 Å². The summed E-state index contributed by atoms with van der Waals surface area (Å²) >= 11 is 0. The molecule has 1 fully saturated rings. The molecule has 2 aromatic carbocycles. The summed E-state index contributed by atoms with van der Waals surface area (Å²) in [5, 5.41) is 11.0. The molecule has 3 unspecified atom stereocenters. The Balaban J connectivity index is 1.56. The number of rotatable bonds is 4. The first-order valence-corrected chi connectivity index (χ1v) is 10.4. The van der Waals surface area contributed by atoms with E-state index < -0.39 is 6.10 Å². The number of β-amino-alcohol motifs (C(OH)–C–C–N with tert-alkyl or cyclic N) is 1. The van der Waals surface area contributed by atoms with Crippen LogP contribution in [0.25, 0.3) is 0 Å². The lowest BCUT2D eigenvalue weighted by Gasteiger charge is -2.38. The van der Waals surface area contributed by atoms with Gasteiger partial charge in [0, 0.05) is 50.4 Å². The van der Waals surface area contributed by atoms with Crippen LogP contribution in [0.3, 0.4) is 0 Å². The van der Waals surface area contributed by atoms with Crippen molar-refractivity contribution in [3.8, 4) is 0 Å². The maximum Gasteiger partial charge on any atom is 0.253 e. The zero-order valence-corrected chi connectivity index (χ0v) is 17.8. The van der Waals surface area contributed by atoms with E-state index in [1.807, 2.05) is 12.1 Å². The largest absolute Gasteiger partial charge is 0.387 e. The summed E-state index contributed by atoms with van der Waals surface area (Å²) in [5.41, 5.74) is 5.47. The van der Waals surface area contributed by atoms with Gasteiger partial charge in [0.2, 0.25) is 0 Å². The van der Waals surface area contributed by atoms with E-state index >= 15 is 0 Å². The normalized spacial score (nSPS) is 22.2. The third-order valence-electron chi connectivity index (χ3n) is 6.39. The van der Waals surface area contributed by atoms with Gasteiger partial charge in [-0.15, -0.1) is 0 Å². The molecule has 4 rings (SSSR count). The lowest BCUT2D eigenvalue weighted by molar-refractivity contribution is 0.0827. The van der Waals surface area contributed by atoms with Crippen molar-refractivity contribution in [3.05, 3.63) is 64.7 Å². The topological polar surface area (TPSA) is 47.0 Å². The predicted molar refractivity (Wildman–Crippen MR) is 117 cm³/mol. The molecule has 0 radical (unpaired) electrons. The summed E-state index contributed by atoms with van der Waals surface area (Å²) in [7, 11) is 5.69. The monoisotopic (exact) mass is 393 g/mol. The van der Waals surface area contributed by atoms with Gasteiger partial charge in [-0.3, -0.25) is 4.79 Å². The molecule has 1 saturated heterocycles. The van der Waals surface area contributed by atoms with Crippen molar-refractivity contribution in [2.75, 3.05) is 45.7 Å². The number of fused-ring (bicyclic) bond motifs is 3. The minimum absolute atomic E-state index is 0.0240. The highest BCUT2D eigenvalue weighted by Gasteiger charge is 2.41. The Kier molecular flexibility index (Phi) is 5.36. The standard InChI is InChI=1S/C24H31N3O2/c1-16-5-10-21-19(13-16)20-14-26(4)12-11-22(20)27(21)15-23(28)17-6-8-18(9-7-17)24(29)25(2)3/h5-10,13,20,22-23,28H,11-12,14-15H2,1-4H3. The van der Waals surface area contributed by atoms with Gasteiger partial charge >= 0.3 is 0 Å². The molecule has 2 aromatic rings. The minimum Gasteiger partial charge on any atom is -0.387 e. The van der Waals surface area contributed by atoms with Crippen molar-refractivity contribution in [1.29, 1.82) is 0 Å². The number of aliphatic hydroxyl groups is 1. The number of piperidine rings is 1. The van der Waals surface area contributed by atoms with Crippen molar-refractivity contribution in [2.24, 2.45) is 0 Å². The molecule has 2 aliphatic heterocycles. The van der Waals surface area contributed by atoms with Gasteiger partial charge in [0.25, 0.3) is 5.91 Å². The SMILES string of the molecule is Cc1ccc2c(c1)C1CN(C)CCC1N2CC(O)c1ccc(C(=O)N(C)C)cc1. The molecular formula is C24H31N3O2. The summed E-state index contributed by atoms with van der Waals surface area (Å²) in [5.74, 6) is 0.472. The number of amides is 1. The minimum atomic E-state index is -0.592. The fourth-order valence-electron chi connectivity index (χ4n) is 4.82. The van der Waals surface area contributed by atoms with E-state index in [0.717, 1.165) is 25.1 Å². The number of benzene rings is 2. The molecule has 1 N–H and O–H groups in total. The van der Waals surface area contributed by atoms with Crippen LogP contribution in [0.2, 0.25) is 0 Å². The molecule has 29 heavy (non-hydrogen) atoms. The molecule has 2 heterocycles. The molecule has 0 aliphatic carbocycles. The van der Waals surface area contributed by atoms with Gasteiger partial charge in [-0.25, -0.2) is 0 Å². The van der Waals surface area contributed by atoms with Crippen molar-refractivity contribution in [2.45, 2.75) is 31.4 Å². The van der Waals surface area contributed by atoms with E-state index in [2.05, 4.69) is 42.0 Å². The van der Waals surface area contributed by atoms with Crippen LogP contribution in [-0.2, 0) is 0 Å². The summed E-state index contributed by atoms with van der Waals surface area (Å²) in [6.45, 7) is 4.87. The van der Waals surface area contributed by atoms with Gasteiger partial charge in [0.15, 0.2) is 0 Å². The van der Waals surface area contributed by atoms with E-state index in [4.69, 9.17) is 0 Å². The predicted octanol–water partition coefficient (Wildman–Crippen LogP) is 3.04. The first kappa shape index (κ1) is 19.9. The first-order valence-electron chi connectivity index (χ1n) is 10.4. The number of aliphatic hydroxyl groups excluding tert-OH is 1. The number of likely N-dealkylation sites (tertiary alicyclic amines) is 1. The summed E-state index contributed by atoms with van der Waals surface area (Å²) in [4.78, 5) is 18.5. The highest BCUT2D eigenvalue weighted by atomic mass is 16.3. The summed E-state index contributed by atoms with van der Waals surface area (Å²) < 4.78 is 0. The van der Waals surface area contributed by atoms with Crippen molar-refractivity contribution in [3.63, 3.8) is 0 Å². The lowest BCUT2D eigenvalue weighted by Crippen LogP contribution is -2.46. The summed E-state index contributed by atoms with van der Waals surface area (Å²) in [6.07, 6.45) is 0.517. The van der Waals surface area contributed by atoms with Gasteiger partial charge in [-0.2, -0.15) is 0 Å². The number of likely N-dealkylation sites (N-methyl/N-ethyl adjacent to an activating group) is 1. The second kappa shape index (κ2) is 7.81. The van der Waals surface area contributed by atoms with Crippen LogP contribution < -0.4 is 4.90 Å². The quantitative estimate of drug-likeness (QED) is 0.867. The van der Waals surface area contributed by atoms with E-state index in [1.165, 1.54) is 16.8 Å². The maximum atomic E-state index is 12.1. The number of carbonyl (C=O) groups is 1. The van der Waals surface area contributed by atoms with Crippen molar-refractivity contribution >= 4 is 11.6 Å². The smallest absolute Gasteiger partial charge is 0.253 e. The molecule has 1 amide bonds. The molecule has 0 spiro atoms. The van der Waals surface area contributed by atoms with Gasteiger partial charge in [-0.1, -0.05) is 29.8 Å². The van der Waals surface area contributed by atoms with Crippen LogP contribution in [0.15, 0.2) is 42.5 Å². The fraction of sp³-hybridized carbons (Fsp3) is 0.458. The Hall–Kier alpha value is -2.37. The molecule has 0 aromatic heterocycles. The van der Waals surface area contributed by atoms with Gasteiger partial charge in [0.1, 0.15) is 0 Å². The third kappa shape index (κ3) is 3.77. The van der Waals surface area contributed by atoms with E-state index in [1.54, 1.807) is 31.1 Å². The van der Waals surface area contributed by atoms with Crippen LogP contribution in [0.4, 0.5) is 5.69 Å². The van der Waals surface area contributed by atoms with E-state index in [9.17, 15) is 9.90 Å². The average Bonchev–Trinajstić information content (AvgIpc) is 2.99. The fourth-order valence-corrected chi connectivity index (χ4v) is 4.82. The highest BCUT2D eigenvalue weighted by Crippen LogP contribution is 2.45. The number of hydrogen-bond donors (Lipinski definition) is 1. The zero-order chi connectivity index (χ0) is 20.7. The van der Waals surface area contributed by atoms with Gasteiger partial charge < -0.3 is 19.8 Å². The number of carbonyl (C=O) groups excluding carboxylic acids is 1. The van der Waals surface area contributed by atoms with E-state index in [-0.39, 0.29) is 5.91 Å². The Labute approximate surface area is 173 Å². The Morgan fingerprint density at radius 1 is 1.21 bits per heavy atom. The zero-order valence-electron chi connectivity index (χ0n) is 17.8. The first-order chi connectivity index (χ1) is 13.8. The molecule has 5 nitrogen and oxygen atoms in total. The third-order valence-corrected chi connectivity index (χ3v) is 6.39. The second-order valence-electron chi connectivity index (χ2n) is 8.78. The van der Waals surface area contributed by atoms with Gasteiger partial charge in [-0.05, 0) is 56.3 Å². The second-order valence-corrected chi connectivity index (χ2v) is 8.78. The molecular weight excluding hydrogens is 362 g/mol.